The van der Waals surface area contributed by atoms with Crippen molar-refractivity contribution in [1.29, 1.82) is 5.26 Å². The van der Waals surface area contributed by atoms with Crippen molar-refractivity contribution in [2.75, 3.05) is 0 Å². The van der Waals surface area contributed by atoms with Crippen molar-refractivity contribution in [2.45, 2.75) is 37.6 Å². The molecule has 0 unspecified atom stereocenters. The number of hydrogen-bond acceptors (Lipinski definition) is 4. The first kappa shape index (κ1) is 11.7. The zero-order valence-corrected chi connectivity index (χ0v) is 9.61. The van der Waals surface area contributed by atoms with Crippen molar-refractivity contribution in [3.05, 3.63) is 23.3 Å². The zero-order valence-electron chi connectivity index (χ0n) is 9.61. The Balaban J connectivity index is 2.47. The SMILES string of the molecule is N#Cc1cc(C2(N)CCCCC2)c(O)cc1O. The van der Waals surface area contributed by atoms with Gasteiger partial charge in [-0.25, -0.2) is 0 Å². The van der Waals surface area contributed by atoms with E-state index < -0.39 is 5.54 Å². The Morgan fingerprint density at radius 1 is 1.12 bits per heavy atom. The highest BCUT2D eigenvalue weighted by molar-refractivity contribution is 5.52. The molecule has 0 aliphatic heterocycles. The first-order chi connectivity index (χ1) is 8.07. The lowest BCUT2D eigenvalue weighted by molar-refractivity contribution is 0.291. The predicted molar refractivity (Wildman–Crippen MR) is 63.4 cm³/mol. The Labute approximate surface area is 100 Å². The lowest BCUT2D eigenvalue weighted by Gasteiger charge is -2.34. The second kappa shape index (κ2) is 4.27. The summed E-state index contributed by atoms with van der Waals surface area (Å²) >= 11 is 0. The van der Waals surface area contributed by atoms with E-state index in [0.29, 0.717) is 5.56 Å². The van der Waals surface area contributed by atoms with E-state index >= 15 is 0 Å². The van der Waals surface area contributed by atoms with E-state index in [1.54, 1.807) is 0 Å². The smallest absolute Gasteiger partial charge is 0.137 e. The summed E-state index contributed by atoms with van der Waals surface area (Å²) in [6, 6.07) is 4.62. The van der Waals surface area contributed by atoms with Crippen LogP contribution in [0.25, 0.3) is 0 Å². The molecule has 0 spiro atoms. The van der Waals surface area contributed by atoms with Gasteiger partial charge in [-0.05, 0) is 18.9 Å². The third-order valence-electron chi connectivity index (χ3n) is 3.52. The van der Waals surface area contributed by atoms with E-state index in [4.69, 9.17) is 11.0 Å². The quantitative estimate of drug-likeness (QED) is 0.691. The van der Waals surface area contributed by atoms with E-state index in [0.717, 1.165) is 32.1 Å². The highest BCUT2D eigenvalue weighted by atomic mass is 16.3. The summed E-state index contributed by atoms with van der Waals surface area (Å²) in [4.78, 5) is 0. The van der Waals surface area contributed by atoms with E-state index in [2.05, 4.69) is 0 Å². The fourth-order valence-electron chi connectivity index (χ4n) is 2.52. The molecular formula is C13H16N2O2. The van der Waals surface area contributed by atoms with Gasteiger partial charge in [0.2, 0.25) is 0 Å². The number of benzene rings is 1. The van der Waals surface area contributed by atoms with Crippen molar-refractivity contribution in [3.8, 4) is 17.6 Å². The first-order valence-electron chi connectivity index (χ1n) is 5.82. The predicted octanol–water partition coefficient (Wildman–Crippen LogP) is 2.09. The van der Waals surface area contributed by atoms with Gasteiger partial charge in [0.1, 0.15) is 17.6 Å². The van der Waals surface area contributed by atoms with Gasteiger partial charge in [0.25, 0.3) is 0 Å². The summed E-state index contributed by atoms with van der Waals surface area (Å²) in [6.45, 7) is 0. The average Bonchev–Trinajstić information content (AvgIpc) is 2.30. The summed E-state index contributed by atoms with van der Waals surface area (Å²) in [7, 11) is 0. The van der Waals surface area contributed by atoms with Crippen LogP contribution in [-0.2, 0) is 5.54 Å². The number of phenolic OH excluding ortho intramolecular Hbond substituents is 2. The largest absolute Gasteiger partial charge is 0.507 e. The zero-order chi connectivity index (χ0) is 12.5. The lowest BCUT2D eigenvalue weighted by atomic mass is 9.76. The van der Waals surface area contributed by atoms with Gasteiger partial charge >= 0.3 is 0 Å². The minimum absolute atomic E-state index is 0.0223. The Bertz CT molecular complexity index is 471. The molecule has 0 saturated heterocycles. The number of nitrogens with zero attached hydrogens (tertiary/aromatic N) is 1. The van der Waals surface area contributed by atoms with E-state index in [-0.39, 0.29) is 17.1 Å². The van der Waals surface area contributed by atoms with E-state index in [1.807, 2.05) is 6.07 Å². The molecule has 1 aliphatic carbocycles. The van der Waals surface area contributed by atoms with E-state index in [9.17, 15) is 10.2 Å². The maximum absolute atomic E-state index is 9.88. The summed E-state index contributed by atoms with van der Waals surface area (Å²) in [5.74, 6) is -0.223. The number of phenols is 2. The molecule has 0 heterocycles. The molecule has 2 rings (SSSR count). The fourth-order valence-corrected chi connectivity index (χ4v) is 2.52. The van der Waals surface area contributed by atoms with Gasteiger partial charge in [-0.2, -0.15) is 5.26 Å². The normalized spacial score (nSPS) is 18.6. The number of aromatic hydroxyl groups is 2. The summed E-state index contributed by atoms with van der Waals surface area (Å²) < 4.78 is 0. The molecule has 0 aromatic heterocycles. The molecule has 0 radical (unpaired) electrons. The fraction of sp³-hybridized carbons (Fsp3) is 0.462. The Kier molecular flexibility index (Phi) is 2.95. The molecule has 1 aromatic rings. The highest BCUT2D eigenvalue weighted by Crippen LogP contribution is 2.41. The number of rotatable bonds is 1. The molecular weight excluding hydrogens is 216 g/mol. The van der Waals surface area contributed by atoms with Crippen molar-refractivity contribution in [1.82, 2.24) is 0 Å². The molecule has 0 bridgehead atoms. The standard InChI is InChI=1S/C13H16N2O2/c14-8-9-6-10(12(17)7-11(9)16)13(15)4-2-1-3-5-13/h6-7,16-17H,1-5,15H2. The van der Waals surface area contributed by atoms with Gasteiger partial charge in [-0.3, -0.25) is 0 Å². The summed E-state index contributed by atoms with van der Waals surface area (Å²) in [6.07, 6.45) is 4.81. The number of hydrogen-bond donors (Lipinski definition) is 3. The second-order valence-electron chi connectivity index (χ2n) is 4.72. The maximum Gasteiger partial charge on any atom is 0.137 e. The van der Waals surface area contributed by atoms with Crippen LogP contribution in [0, 0.1) is 11.3 Å². The van der Waals surface area contributed by atoms with Crippen molar-refractivity contribution in [3.63, 3.8) is 0 Å². The van der Waals surface area contributed by atoms with Gasteiger partial charge in [-0.1, -0.05) is 19.3 Å². The molecule has 1 aliphatic rings. The number of nitriles is 1. The Morgan fingerprint density at radius 2 is 1.76 bits per heavy atom. The van der Waals surface area contributed by atoms with Crippen LogP contribution in [0.3, 0.4) is 0 Å². The molecule has 1 aromatic carbocycles. The van der Waals surface area contributed by atoms with Gasteiger partial charge in [-0.15, -0.1) is 0 Å². The lowest BCUT2D eigenvalue weighted by Crippen LogP contribution is -2.38. The molecule has 4 N–H and O–H groups in total. The van der Waals surface area contributed by atoms with Crippen LogP contribution in [0.2, 0.25) is 0 Å². The molecule has 90 valence electrons. The molecule has 4 nitrogen and oxygen atoms in total. The van der Waals surface area contributed by atoms with Crippen LogP contribution in [0.15, 0.2) is 12.1 Å². The monoisotopic (exact) mass is 232 g/mol. The van der Waals surface area contributed by atoms with Crippen LogP contribution in [0.4, 0.5) is 0 Å². The molecule has 1 saturated carbocycles. The summed E-state index contributed by atoms with van der Waals surface area (Å²) in [5.41, 5.74) is 6.47. The molecule has 0 atom stereocenters. The van der Waals surface area contributed by atoms with Crippen molar-refractivity contribution < 1.29 is 10.2 Å². The van der Waals surface area contributed by atoms with Crippen LogP contribution in [0.1, 0.15) is 43.2 Å². The molecule has 0 amide bonds. The van der Waals surface area contributed by atoms with Gasteiger partial charge in [0, 0.05) is 17.2 Å². The topological polar surface area (TPSA) is 90.3 Å². The molecule has 17 heavy (non-hydrogen) atoms. The maximum atomic E-state index is 9.88. The minimum Gasteiger partial charge on any atom is -0.507 e. The third kappa shape index (κ3) is 2.06. The van der Waals surface area contributed by atoms with Crippen LogP contribution in [-0.4, -0.2) is 10.2 Å². The Morgan fingerprint density at radius 3 is 2.35 bits per heavy atom. The van der Waals surface area contributed by atoms with Crippen LogP contribution >= 0.6 is 0 Å². The van der Waals surface area contributed by atoms with Gasteiger partial charge in [0.05, 0.1) is 5.56 Å². The Hall–Kier alpha value is -1.73. The minimum atomic E-state index is -0.568. The van der Waals surface area contributed by atoms with E-state index in [1.165, 1.54) is 12.1 Å². The number of nitrogens with two attached hydrogens (primary N) is 1. The first-order valence-corrected chi connectivity index (χ1v) is 5.82. The van der Waals surface area contributed by atoms with Crippen molar-refractivity contribution >= 4 is 0 Å². The third-order valence-corrected chi connectivity index (χ3v) is 3.52. The highest BCUT2D eigenvalue weighted by Gasteiger charge is 2.32. The van der Waals surface area contributed by atoms with Gasteiger partial charge < -0.3 is 15.9 Å². The molecule has 1 fully saturated rings. The second-order valence-corrected chi connectivity index (χ2v) is 4.72. The average molecular weight is 232 g/mol. The van der Waals surface area contributed by atoms with Crippen LogP contribution in [0.5, 0.6) is 11.5 Å². The van der Waals surface area contributed by atoms with Crippen LogP contribution < -0.4 is 5.73 Å². The summed E-state index contributed by atoms with van der Waals surface area (Å²) in [5, 5.41) is 28.2. The van der Waals surface area contributed by atoms with Gasteiger partial charge in [0.15, 0.2) is 0 Å². The van der Waals surface area contributed by atoms with Crippen molar-refractivity contribution in [2.24, 2.45) is 5.73 Å². The molecule has 4 heteroatoms.